The van der Waals surface area contributed by atoms with Gasteiger partial charge in [0.2, 0.25) is 0 Å². The first-order valence-corrected chi connectivity index (χ1v) is 16.3. The van der Waals surface area contributed by atoms with E-state index in [4.69, 9.17) is 9.47 Å². The average molecular weight is 568 g/mol. The second-order valence-corrected chi connectivity index (χ2v) is 11.1. The number of hydrogen-bond acceptors (Lipinski definition) is 3. The van der Waals surface area contributed by atoms with Gasteiger partial charge in [0, 0.05) is 18.4 Å². The highest BCUT2D eigenvalue weighted by Gasteiger charge is 2.14. The number of unbranched alkanes of at least 4 members (excludes halogenated alkanes) is 14. The first-order valence-electron chi connectivity index (χ1n) is 15.1. The summed E-state index contributed by atoms with van der Waals surface area (Å²) in [5.41, 5.74) is 1.25. The maximum atomic E-state index is 12.4. The number of halogens is 1. The van der Waals surface area contributed by atoms with Crippen LogP contribution in [-0.2, 0) is 20.9 Å². The molecule has 3 nitrogen and oxygen atoms in total. The van der Waals surface area contributed by atoms with Crippen LogP contribution in [0.1, 0.15) is 141 Å². The molecule has 0 spiro atoms. The number of ether oxygens (including phenoxy) is 2. The summed E-state index contributed by atoms with van der Waals surface area (Å²) in [6.45, 7) is 3.83. The van der Waals surface area contributed by atoms with Gasteiger partial charge in [-0.2, -0.15) is 0 Å². The van der Waals surface area contributed by atoms with Crippen LogP contribution in [0.3, 0.4) is 0 Å². The van der Waals surface area contributed by atoms with E-state index in [1.807, 2.05) is 6.07 Å². The minimum Gasteiger partial charge on any atom is -0.462 e. The Kier molecular flexibility index (Phi) is 23.7. The number of carbonyl (C=O) groups excluding carboxylic acids is 1. The Labute approximate surface area is 231 Å². The minimum atomic E-state index is 0.0296. The summed E-state index contributed by atoms with van der Waals surface area (Å²) < 4.78 is 11.7. The highest BCUT2D eigenvalue weighted by atomic mass is 79.9. The van der Waals surface area contributed by atoms with Crippen molar-refractivity contribution in [2.45, 2.75) is 148 Å². The average Bonchev–Trinajstić information content (AvgIpc) is 2.89. The van der Waals surface area contributed by atoms with Gasteiger partial charge in [-0.05, 0) is 50.5 Å². The molecule has 1 atom stereocenters. The second-order valence-electron chi connectivity index (χ2n) is 10.3. The van der Waals surface area contributed by atoms with E-state index in [1.54, 1.807) is 0 Å². The molecular formula is C32H55BrO3. The molecule has 0 heterocycles. The lowest BCUT2D eigenvalue weighted by molar-refractivity contribution is -0.150. The van der Waals surface area contributed by atoms with Crippen LogP contribution >= 0.6 is 15.9 Å². The van der Waals surface area contributed by atoms with E-state index in [0.29, 0.717) is 6.42 Å². The van der Waals surface area contributed by atoms with Gasteiger partial charge >= 0.3 is 5.97 Å². The van der Waals surface area contributed by atoms with E-state index in [2.05, 4.69) is 47.1 Å². The fourth-order valence-electron chi connectivity index (χ4n) is 4.60. The predicted octanol–water partition coefficient (Wildman–Crippen LogP) is 10.3. The Bertz CT molecular complexity index is 592. The van der Waals surface area contributed by atoms with Gasteiger partial charge in [-0.3, -0.25) is 4.79 Å². The number of alkyl halides is 1. The third-order valence-corrected chi connectivity index (χ3v) is 7.43. The van der Waals surface area contributed by atoms with E-state index in [0.717, 1.165) is 50.6 Å². The lowest BCUT2D eigenvalue weighted by Gasteiger charge is -2.18. The van der Waals surface area contributed by atoms with Gasteiger partial charge in [-0.25, -0.2) is 0 Å². The van der Waals surface area contributed by atoms with E-state index in [1.165, 1.54) is 95.5 Å². The molecule has 0 aliphatic heterocycles. The summed E-state index contributed by atoms with van der Waals surface area (Å²) >= 11 is 3.48. The van der Waals surface area contributed by atoms with Crippen LogP contribution in [0.5, 0.6) is 0 Å². The number of benzene rings is 1. The molecule has 0 aromatic heterocycles. The molecule has 1 aromatic rings. The molecule has 0 amide bonds. The Morgan fingerprint density at radius 3 is 1.92 bits per heavy atom. The van der Waals surface area contributed by atoms with Crippen molar-refractivity contribution in [3.8, 4) is 0 Å². The lowest BCUT2D eigenvalue weighted by Crippen LogP contribution is -2.18. The molecule has 0 N–H and O–H groups in total. The van der Waals surface area contributed by atoms with Crippen LogP contribution in [0.25, 0.3) is 0 Å². The first-order chi connectivity index (χ1) is 17.8. The SMILES string of the molecule is CCCCCCCCC(CCCCCCCCOCc1ccccc1)OC(=O)CCCCCCCBr. The summed E-state index contributed by atoms with van der Waals surface area (Å²) in [6, 6.07) is 10.4. The fourth-order valence-corrected chi connectivity index (χ4v) is 5.00. The highest BCUT2D eigenvalue weighted by molar-refractivity contribution is 9.09. The van der Waals surface area contributed by atoms with Crippen LogP contribution in [0, 0.1) is 0 Å². The highest BCUT2D eigenvalue weighted by Crippen LogP contribution is 2.18. The molecule has 0 saturated carbocycles. The molecule has 0 aliphatic carbocycles. The number of esters is 1. The fraction of sp³-hybridized carbons (Fsp3) is 0.781. The van der Waals surface area contributed by atoms with Crippen molar-refractivity contribution in [2.24, 2.45) is 0 Å². The molecule has 0 radical (unpaired) electrons. The molecule has 1 rings (SSSR count). The zero-order valence-electron chi connectivity index (χ0n) is 23.3. The molecule has 0 bridgehead atoms. The van der Waals surface area contributed by atoms with Crippen LogP contribution in [-0.4, -0.2) is 24.0 Å². The summed E-state index contributed by atoms with van der Waals surface area (Å²) in [5, 5.41) is 1.08. The molecule has 4 heteroatoms. The number of carbonyl (C=O) groups is 1. The molecule has 0 aliphatic rings. The largest absolute Gasteiger partial charge is 0.462 e. The minimum absolute atomic E-state index is 0.0296. The van der Waals surface area contributed by atoms with E-state index < -0.39 is 0 Å². The van der Waals surface area contributed by atoms with Crippen molar-refractivity contribution in [3.63, 3.8) is 0 Å². The van der Waals surface area contributed by atoms with E-state index >= 15 is 0 Å². The summed E-state index contributed by atoms with van der Waals surface area (Å²) in [7, 11) is 0. The Morgan fingerprint density at radius 2 is 1.28 bits per heavy atom. The smallest absolute Gasteiger partial charge is 0.306 e. The maximum absolute atomic E-state index is 12.4. The molecule has 36 heavy (non-hydrogen) atoms. The van der Waals surface area contributed by atoms with Gasteiger partial charge in [0.05, 0.1) is 6.61 Å². The standard InChI is InChI=1S/C32H55BrO3/c1-2-3-4-5-9-17-24-31(36-32(34)26-19-11-8-12-20-27-33)25-18-10-6-7-13-21-28-35-29-30-22-15-14-16-23-30/h14-16,22-23,31H,2-13,17-21,24-29H2,1H3. The maximum Gasteiger partial charge on any atom is 0.306 e. The van der Waals surface area contributed by atoms with E-state index in [-0.39, 0.29) is 12.1 Å². The van der Waals surface area contributed by atoms with Gasteiger partial charge < -0.3 is 9.47 Å². The molecule has 0 saturated heterocycles. The Morgan fingerprint density at radius 1 is 0.722 bits per heavy atom. The quantitative estimate of drug-likeness (QED) is 0.0635. The van der Waals surface area contributed by atoms with Crippen molar-refractivity contribution >= 4 is 21.9 Å². The first kappa shape index (κ1) is 33.2. The second kappa shape index (κ2) is 25.8. The van der Waals surface area contributed by atoms with Crippen LogP contribution in [0.4, 0.5) is 0 Å². The third kappa shape index (κ3) is 21.2. The van der Waals surface area contributed by atoms with Gasteiger partial charge in [-0.15, -0.1) is 0 Å². The van der Waals surface area contributed by atoms with Gasteiger partial charge in [0.25, 0.3) is 0 Å². The topological polar surface area (TPSA) is 35.5 Å². The number of hydrogen-bond donors (Lipinski definition) is 0. The molecular weight excluding hydrogens is 512 g/mol. The zero-order chi connectivity index (χ0) is 25.9. The zero-order valence-corrected chi connectivity index (χ0v) is 24.9. The van der Waals surface area contributed by atoms with Crippen LogP contribution < -0.4 is 0 Å². The van der Waals surface area contributed by atoms with Gasteiger partial charge in [0.15, 0.2) is 0 Å². The lowest BCUT2D eigenvalue weighted by atomic mass is 10.0. The molecule has 0 fully saturated rings. The van der Waals surface area contributed by atoms with Crippen molar-refractivity contribution in [2.75, 3.05) is 11.9 Å². The van der Waals surface area contributed by atoms with Gasteiger partial charge in [-0.1, -0.05) is 130 Å². The summed E-state index contributed by atoms with van der Waals surface area (Å²) in [5.74, 6) is 0.0296. The van der Waals surface area contributed by atoms with Crippen molar-refractivity contribution < 1.29 is 14.3 Å². The number of rotatable bonds is 26. The van der Waals surface area contributed by atoms with E-state index in [9.17, 15) is 4.79 Å². The van der Waals surface area contributed by atoms with Gasteiger partial charge in [0.1, 0.15) is 6.10 Å². The van der Waals surface area contributed by atoms with Crippen molar-refractivity contribution in [3.05, 3.63) is 35.9 Å². The Balaban J connectivity index is 2.12. The predicted molar refractivity (Wildman–Crippen MR) is 158 cm³/mol. The third-order valence-electron chi connectivity index (χ3n) is 6.87. The van der Waals surface area contributed by atoms with Crippen molar-refractivity contribution in [1.29, 1.82) is 0 Å². The normalized spacial score (nSPS) is 12.1. The summed E-state index contributed by atoms with van der Waals surface area (Å²) in [4.78, 5) is 12.4. The Hall–Kier alpha value is -0.870. The van der Waals surface area contributed by atoms with Crippen LogP contribution in [0.2, 0.25) is 0 Å². The molecule has 1 aromatic carbocycles. The molecule has 1 unspecified atom stereocenters. The van der Waals surface area contributed by atoms with Crippen molar-refractivity contribution in [1.82, 2.24) is 0 Å². The monoisotopic (exact) mass is 566 g/mol. The van der Waals surface area contributed by atoms with Crippen LogP contribution in [0.15, 0.2) is 30.3 Å². The molecule has 208 valence electrons. The summed E-state index contributed by atoms with van der Waals surface area (Å²) in [6.07, 6.45) is 23.7.